The maximum atomic E-state index is 11.9. The molecular weight excluding hydrogens is 578 g/mol. The molecule has 1 aromatic heterocycles. The van der Waals surface area contributed by atoms with E-state index in [9.17, 15) is 15.2 Å². The number of nitriles is 1. The van der Waals surface area contributed by atoms with Crippen LogP contribution in [0.15, 0.2) is 48.0 Å². The molecule has 1 N–H and O–H groups in total. The molecule has 46 heavy (non-hydrogen) atoms. The van der Waals surface area contributed by atoms with Gasteiger partial charge in [0.15, 0.2) is 5.78 Å². The van der Waals surface area contributed by atoms with Crippen LogP contribution in [-0.2, 0) is 17.8 Å². The van der Waals surface area contributed by atoms with Crippen LogP contribution in [0, 0.1) is 18.3 Å². The highest BCUT2D eigenvalue weighted by Gasteiger charge is 2.36. The quantitative estimate of drug-likeness (QED) is 0.397. The zero-order valence-electron chi connectivity index (χ0n) is 26.9. The van der Waals surface area contributed by atoms with Crippen LogP contribution in [0.3, 0.4) is 0 Å². The molecular formula is C36H43N7O3. The van der Waals surface area contributed by atoms with Gasteiger partial charge in [-0.05, 0) is 74.9 Å². The van der Waals surface area contributed by atoms with Crippen molar-refractivity contribution < 1.29 is 14.6 Å². The fourth-order valence-electron chi connectivity index (χ4n) is 7.76. The Morgan fingerprint density at radius 1 is 1.04 bits per heavy atom. The predicted octanol–water partition coefficient (Wildman–Crippen LogP) is 3.99. The first-order valence-corrected chi connectivity index (χ1v) is 16.6. The number of rotatable bonds is 8. The molecule has 0 amide bonds. The second kappa shape index (κ2) is 13.0. The molecule has 1 aliphatic carbocycles. The average Bonchev–Trinajstić information content (AvgIpc) is 3.70. The molecule has 10 heteroatoms. The summed E-state index contributed by atoms with van der Waals surface area (Å²) in [6, 6.07) is 15.8. The fraction of sp³-hybridized carbons (Fsp3) is 0.500. The second-order valence-electron chi connectivity index (χ2n) is 13.2. The van der Waals surface area contributed by atoms with Gasteiger partial charge >= 0.3 is 6.01 Å². The van der Waals surface area contributed by atoms with E-state index in [0.29, 0.717) is 57.7 Å². The molecule has 2 aromatic carbocycles. The van der Waals surface area contributed by atoms with Gasteiger partial charge in [-0.3, -0.25) is 9.69 Å². The van der Waals surface area contributed by atoms with Gasteiger partial charge in [0, 0.05) is 61.3 Å². The zero-order chi connectivity index (χ0) is 31.8. The Kier molecular flexibility index (Phi) is 8.64. The lowest BCUT2D eigenvalue weighted by atomic mass is 9.99. The van der Waals surface area contributed by atoms with E-state index in [1.54, 1.807) is 6.08 Å². The number of aryl methyl sites for hydroxylation is 1. The Hall–Kier alpha value is -4.04. The molecule has 0 spiro atoms. The Labute approximate surface area is 270 Å². The lowest BCUT2D eigenvalue weighted by molar-refractivity contribution is -0.114. The van der Waals surface area contributed by atoms with E-state index < -0.39 is 6.23 Å². The summed E-state index contributed by atoms with van der Waals surface area (Å²) in [5.41, 5.74) is 5.33. The smallest absolute Gasteiger partial charge is 0.318 e. The van der Waals surface area contributed by atoms with Crippen molar-refractivity contribution in [2.45, 2.75) is 70.3 Å². The third-order valence-corrected chi connectivity index (χ3v) is 10.3. The van der Waals surface area contributed by atoms with Gasteiger partial charge in [0.25, 0.3) is 0 Å². The first kappa shape index (κ1) is 30.6. The first-order valence-electron chi connectivity index (χ1n) is 16.6. The summed E-state index contributed by atoms with van der Waals surface area (Å²) in [7, 11) is 2.14. The standard InChI is InChI=1S/C36H43N7O3/c1-24-6-3-7-25-8-4-10-32(33(24)25)41-17-14-30-31(22-41)38-36(46-23-28-9-5-16-40(28)2)39-34(30)42-18-19-43(27(21-42)13-15-37)35(45)26-11-12-29(44)20-26/h3-4,6-8,10,20,27-28,35,45H,5,9,11-14,16-19,21-23H2,1-2H3/t27-,28-,35?/m0/s1. The molecule has 240 valence electrons. The van der Waals surface area contributed by atoms with E-state index in [1.807, 2.05) is 4.90 Å². The van der Waals surface area contributed by atoms with E-state index >= 15 is 0 Å². The number of anilines is 2. The molecule has 4 aliphatic rings. The monoisotopic (exact) mass is 621 g/mol. The minimum Gasteiger partial charge on any atom is -0.462 e. The third-order valence-electron chi connectivity index (χ3n) is 10.3. The molecule has 2 saturated heterocycles. The number of hydrogen-bond donors (Lipinski definition) is 1. The normalized spacial score (nSPS) is 23.0. The van der Waals surface area contributed by atoms with Crippen molar-refractivity contribution in [2.75, 3.05) is 56.2 Å². The number of carbonyl (C=O) groups excluding carboxylic acids is 1. The number of ether oxygens (including phenoxy) is 1. The van der Waals surface area contributed by atoms with Gasteiger partial charge in [0.05, 0.1) is 24.7 Å². The summed E-state index contributed by atoms with van der Waals surface area (Å²) in [4.78, 5) is 31.0. The van der Waals surface area contributed by atoms with Crippen LogP contribution in [0.4, 0.5) is 11.5 Å². The molecule has 0 radical (unpaired) electrons. The number of likely N-dealkylation sites (tertiary alicyclic amines) is 1. The highest BCUT2D eigenvalue weighted by atomic mass is 16.5. The number of fused-ring (bicyclic) bond motifs is 2. The maximum absolute atomic E-state index is 11.9. The number of hydrogen-bond acceptors (Lipinski definition) is 10. The van der Waals surface area contributed by atoms with Crippen LogP contribution in [0.5, 0.6) is 6.01 Å². The first-order chi connectivity index (χ1) is 22.4. The zero-order valence-corrected chi connectivity index (χ0v) is 26.9. The lowest BCUT2D eigenvalue weighted by Gasteiger charge is -2.44. The molecule has 7 rings (SSSR count). The molecule has 3 atom stereocenters. The van der Waals surface area contributed by atoms with Crippen LogP contribution in [0.2, 0.25) is 0 Å². The van der Waals surface area contributed by atoms with Gasteiger partial charge in [-0.15, -0.1) is 0 Å². The van der Waals surface area contributed by atoms with Crippen LogP contribution in [0.25, 0.3) is 10.8 Å². The molecule has 0 saturated carbocycles. The summed E-state index contributed by atoms with van der Waals surface area (Å²) < 4.78 is 6.35. The Balaban J connectivity index is 1.20. The van der Waals surface area contributed by atoms with Crippen molar-refractivity contribution in [3.05, 3.63) is 64.9 Å². The van der Waals surface area contributed by atoms with Crippen molar-refractivity contribution in [2.24, 2.45) is 0 Å². The van der Waals surface area contributed by atoms with Crippen molar-refractivity contribution >= 4 is 28.1 Å². The van der Waals surface area contributed by atoms with Crippen LogP contribution >= 0.6 is 0 Å². The fourth-order valence-corrected chi connectivity index (χ4v) is 7.76. The predicted molar refractivity (Wildman–Crippen MR) is 178 cm³/mol. The number of nitrogens with zero attached hydrogens (tertiary/aromatic N) is 7. The number of allylic oxidation sites excluding steroid dienone is 1. The number of ketones is 1. The number of aliphatic hydroxyl groups is 1. The molecule has 10 nitrogen and oxygen atoms in total. The average molecular weight is 622 g/mol. The van der Waals surface area contributed by atoms with Crippen LogP contribution in [0.1, 0.15) is 48.9 Å². The number of aromatic nitrogens is 2. The number of aliphatic hydroxyl groups excluding tert-OH is 1. The van der Waals surface area contributed by atoms with Gasteiger partial charge in [0.1, 0.15) is 18.7 Å². The summed E-state index contributed by atoms with van der Waals surface area (Å²) in [5.74, 6) is 0.932. The summed E-state index contributed by atoms with van der Waals surface area (Å²) in [6.45, 7) is 7.03. The lowest BCUT2D eigenvalue weighted by Crippen LogP contribution is -2.57. The molecule has 1 unspecified atom stereocenters. The van der Waals surface area contributed by atoms with Crippen LogP contribution < -0.4 is 14.5 Å². The largest absolute Gasteiger partial charge is 0.462 e. The molecule has 0 bridgehead atoms. The topological polar surface area (TPSA) is 109 Å². The van der Waals surface area contributed by atoms with Crippen LogP contribution in [-0.4, -0.2) is 95.3 Å². The molecule has 4 heterocycles. The number of piperazine rings is 1. The van der Waals surface area contributed by atoms with Crippen molar-refractivity contribution in [1.29, 1.82) is 5.26 Å². The van der Waals surface area contributed by atoms with Crippen molar-refractivity contribution in [3.8, 4) is 12.1 Å². The van der Waals surface area contributed by atoms with Gasteiger partial charge in [-0.25, -0.2) is 0 Å². The molecule has 3 aromatic rings. The molecule has 3 aliphatic heterocycles. The number of carbonyl (C=O) groups is 1. The minimum absolute atomic E-state index is 0.0566. The van der Waals surface area contributed by atoms with Gasteiger partial charge < -0.3 is 24.5 Å². The van der Waals surface area contributed by atoms with Gasteiger partial charge in [-0.2, -0.15) is 15.2 Å². The Bertz CT molecular complexity index is 1700. The maximum Gasteiger partial charge on any atom is 0.318 e. The van der Waals surface area contributed by atoms with E-state index in [-0.39, 0.29) is 18.2 Å². The van der Waals surface area contributed by atoms with E-state index in [1.165, 1.54) is 28.4 Å². The molecule has 2 fully saturated rings. The van der Waals surface area contributed by atoms with Crippen molar-refractivity contribution in [3.63, 3.8) is 0 Å². The second-order valence-corrected chi connectivity index (χ2v) is 13.2. The van der Waals surface area contributed by atoms with E-state index in [2.05, 4.69) is 71.1 Å². The minimum atomic E-state index is -0.855. The van der Waals surface area contributed by atoms with Gasteiger partial charge in [-0.1, -0.05) is 30.3 Å². The Morgan fingerprint density at radius 2 is 1.89 bits per heavy atom. The van der Waals surface area contributed by atoms with Crippen molar-refractivity contribution in [1.82, 2.24) is 19.8 Å². The SMILES string of the molecule is Cc1cccc2cccc(N3CCc4c(nc(OC[C@@H]5CCCN5C)nc4N4CCN(C(O)C5=CC(=O)CC5)[C@@H](CC#N)C4)C3)c12. The number of benzene rings is 2. The third kappa shape index (κ3) is 5.95. The van der Waals surface area contributed by atoms with Gasteiger partial charge in [0.2, 0.25) is 0 Å². The highest BCUT2D eigenvalue weighted by molar-refractivity contribution is 5.97. The highest BCUT2D eigenvalue weighted by Crippen LogP contribution is 2.36. The Morgan fingerprint density at radius 3 is 2.65 bits per heavy atom. The summed E-state index contributed by atoms with van der Waals surface area (Å²) >= 11 is 0. The number of likely N-dealkylation sites (N-methyl/N-ethyl adjacent to an activating group) is 1. The summed E-state index contributed by atoms with van der Waals surface area (Å²) in [5, 5.41) is 23.5. The summed E-state index contributed by atoms with van der Waals surface area (Å²) in [6.07, 6.45) is 5.07. The van der Waals surface area contributed by atoms with E-state index in [0.717, 1.165) is 48.6 Å². The van der Waals surface area contributed by atoms with E-state index in [4.69, 9.17) is 14.7 Å².